The Labute approximate surface area is 80.7 Å². The van der Waals surface area contributed by atoms with E-state index in [0.717, 1.165) is 0 Å². The van der Waals surface area contributed by atoms with Gasteiger partial charge in [0.25, 0.3) is 5.91 Å². The second kappa shape index (κ2) is 4.62. The van der Waals surface area contributed by atoms with Crippen LogP contribution in [0.15, 0.2) is 30.3 Å². The van der Waals surface area contributed by atoms with Gasteiger partial charge in [0.1, 0.15) is 0 Å². The van der Waals surface area contributed by atoms with Crippen LogP contribution in [0.4, 0.5) is 0 Å². The Morgan fingerprint density at radius 1 is 1.23 bits per heavy atom. The molecule has 1 rings (SSSR count). The first-order valence-electron chi connectivity index (χ1n) is 3.69. The van der Waals surface area contributed by atoms with E-state index in [1.807, 2.05) is 0 Å². The number of amides is 1. The highest BCUT2D eigenvalue weighted by atomic mass is 35.5. The summed E-state index contributed by atoms with van der Waals surface area (Å²) in [4.78, 5) is 22.3. The summed E-state index contributed by atoms with van der Waals surface area (Å²) < 4.78 is 0. The summed E-state index contributed by atoms with van der Waals surface area (Å²) in [6.07, 6.45) is 0. The number of carbonyl (C=O) groups is 2. The number of ketones is 1. The fourth-order valence-electron chi connectivity index (χ4n) is 0.862. The summed E-state index contributed by atoms with van der Waals surface area (Å²) in [5.74, 6) is -1.25. The third-order valence-electron chi connectivity index (χ3n) is 1.47. The molecule has 1 aromatic carbocycles. The minimum absolute atomic E-state index is 0.0581. The normalized spacial score (nSPS) is 9.31. The minimum atomic E-state index is -0.679. The molecule has 0 radical (unpaired) electrons. The van der Waals surface area contributed by atoms with E-state index >= 15 is 0 Å². The number of alkyl halides is 1. The number of nitrogens with one attached hydrogen (secondary N) is 1. The SMILES string of the molecule is O=C(NCCl)C(=O)c1ccccc1. The summed E-state index contributed by atoms with van der Waals surface area (Å²) in [5.41, 5.74) is 0.366. The molecule has 1 amide bonds. The van der Waals surface area contributed by atoms with Gasteiger partial charge in [-0.2, -0.15) is 0 Å². The first-order chi connectivity index (χ1) is 6.25. The van der Waals surface area contributed by atoms with Crippen LogP contribution in [0.25, 0.3) is 0 Å². The van der Waals surface area contributed by atoms with E-state index in [1.165, 1.54) is 0 Å². The van der Waals surface area contributed by atoms with Crippen LogP contribution in [0.2, 0.25) is 0 Å². The van der Waals surface area contributed by atoms with Crippen molar-refractivity contribution in [1.82, 2.24) is 5.32 Å². The standard InChI is InChI=1S/C9H8ClNO2/c10-6-11-9(13)8(12)7-4-2-1-3-5-7/h1-5H,6H2,(H,11,13). The molecule has 0 aromatic heterocycles. The van der Waals surface area contributed by atoms with Gasteiger partial charge in [0, 0.05) is 5.56 Å². The van der Waals surface area contributed by atoms with Gasteiger partial charge >= 0.3 is 0 Å². The monoisotopic (exact) mass is 197 g/mol. The van der Waals surface area contributed by atoms with Gasteiger partial charge in [0.15, 0.2) is 0 Å². The van der Waals surface area contributed by atoms with Crippen molar-refractivity contribution < 1.29 is 9.59 Å². The summed E-state index contributed by atoms with van der Waals surface area (Å²) in [6, 6.07) is 8.27. The molecule has 0 heterocycles. The largest absolute Gasteiger partial charge is 0.336 e. The molecule has 0 aliphatic rings. The van der Waals surface area contributed by atoms with Crippen molar-refractivity contribution in [3.63, 3.8) is 0 Å². The molecule has 4 heteroatoms. The molecule has 0 unspecified atom stereocenters. The Balaban J connectivity index is 2.74. The van der Waals surface area contributed by atoms with Crippen molar-refractivity contribution in [1.29, 1.82) is 0 Å². The van der Waals surface area contributed by atoms with Crippen LogP contribution in [0.3, 0.4) is 0 Å². The molecule has 0 saturated carbocycles. The van der Waals surface area contributed by atoms with Crippen LogP contribution in [0, 0.1) is 0 Å². The summed E-state index contributed by atoms with van der Waals surface area (Å²) in [6.45, 7) is 0. The van der Waals surface area contributed by atoms with E-state index in [4.69, 9.17) is 11.6 Å². The van der Waals surface area contributed by atoms with Crippen molar-refractivity contribution in [2.45, 2.75) is 0 Å². The lowest BCUT2D eigenvalue weighted by atomic mass is 10.1. The van der Waals surface area contributed by atoms with Gasteiger partial charge in [-0.25, -0.2) is 0 Å². The maximum Gasteiger partial charge on any atom is 0.293 e. The minimum Gasteiger partial charge on any atom is -0.336 e. The molecular formula is C9H8ClNO2. The van der Waals surface area contributed by atoms with Gasteiger partial charge < -0.3 is 5.32 Å². The lowest BCUT2D eigenvalue weighted by molar-refractivity contribution is -0.116. The van der Waals surface area contributed by atoms with Gasteiger partial charge in [-0.3, -0.25) is 9.59 Å². The Hall–Kier alpha value is -1.35. The van der Waals surface area contributed by atoms with Gasteiger partial charge in [0.05, 0.1) is 6.00 Å². The smallest absolute Gasteiger partial charge is 0.293 e. The maximum atomic E-state index is 11.3. The Bertz CT molecular complexity index is 311. The number of rotatable bonds is 3. The zero-order valence-electron chi connectivity index (χ0n) is 6.79. The van der Waals surface area contributed by atoms with Gasteiger partial charge in [-0.15, -0.1) is 11.6 Å². The van der Waals surface area contributed by atoms with E-state index in [9.17, 15) is 9.59 Å². The van der Waals surface area contributed by atoms with Crippen LogP contribution in [0.1, 0.15) is 10.4 Å². The van der Waals surface area contributed by atoms with Crippen LogP contribution in [-0.4, -0.2) is 17.7 Å². The molecule has 0 fully saturated rings. The topological polar surface area (TPSA) is 46.2 Å². The third-order valence-corrected chi connectivity index (χ3v) is 1.60. The zero-order valence-corrected chi connectivity index (χ0v) is 7.54. The van der Waals surface area contributed by atoms with Crippen LogP contribution >= 0.6 is 11.6 Å². The zero-order chi connectivity index (χ0) is 9.68. The summed E-state index contributed by atoms with van der Waals surface area (Å²) in [5, 5.41) is 2.22. The predicted molar refractivity (Wildman–Crippen MR) is 49.6 cm³/mol. The molecule has 13 heavy (non-hydrogen) atoms. The van der Waals surface area contributed by atoms with Crippen LogP contribution < -0.4 is 5.32 Å². The first-order valence-corrected chi connectivity index (χ1v) is 4.22. The van der Waals surface area contributed by atoms with E-state index in [-0.39, 0.29) is 6.00 Å². The fraction of sp³-hybridized carbons (Fsp3) is 0.111. The summed E-state index contributed by atoms with van der Waals surface area (Å²) in [7, 11) is 0. The van der Waals surface area contributed by atoms with Crippen molar-refractivity contribution >= 4 is 23.3 Å². The number of halogens is 1. The number of carbonyl (C=O) groups excluding carboxylic acids is 2. The number of hydrogen-bond donors (Lipinski definition) is 1. The third kappa shape index (κ3) is 2.56. The number of hydrogen-bond acceptors (Lipinski definition) is 2. The summed E-state index contributed by atoms with van der Waals surface area (Å²) >= 11 is 5.24. The predicted octanol–water partition coefficient (Wildman–Crippen LogP) is 1.18. The molecule has 0 aliphatic carbocycles. The van der Waals surface area contributed by atoms with Gasteiger partial charge in [-0.05, 0) is 0 Å². The van der Waals surface area contributed by atoms with Crippen LogP contribution in [-0.2, 0) is 4.79 Å². The number of benzene rings is 1. The highest BCUT2D eigenvalue weighted by Gasteiger charge is 2.13. The van der Waals surface area contributed by atoms with E-state index in [0.29, 0.717) is 5.56 Å². The highest BCUT2D eigenvalue weighted by Crippen LogP contribution is 1.99. The van der Waals surface area contributed by atoms with Crippen LogP contribution in [0.5, 0.6) is 0 Å². The van der Waals surface area contributed by atoms with Crippen molar-refractivity contribution in [2.75, 3.05) is 6.00 Å². The maximum absolute atomic E-state index is 11.3. The van der Waals surface area contributed by atoms with Gasteiger partial charge in [-0.1, -0.05) is 30.3 Å². The second-order valence-electron chi connectivity index (χ2n) is 2.33. The molecule has 0 spiro atoms. The van der Waals surface area contributed by atoms with E-state index in [2.05, 4.69) is 5.32 Å². The fourth-order valence-corrected chi connectivity index (χ4v) is 0.983. The van der Waals surface area contributed by atoms with E-state index in [1.54, 1.807) is 30.3 Å². The molecule has 0 aliphatic heterocycles. The van der Waals surface area contributed by atoms with E-state index < -0.39 is 11.7 Å². The molecule has 0 saturated heterocycles. The molecule has 68 valence electrons. The number of Topliss-reactive ketones (excluding diaryl/α,β-unsaturated/α-hetero) is 1. The highest BCUT2D eigenvalue weighted by molar-refractivity contribution is 6.43. The lowest BCUT2D eigenvalue weighted by Crippen LogP contribution is -2.29. The second-order valence-corrected chi connectivity index (χ2v) is 2.60. The van der Waals surface area contributed by atoms with Gasteiger partial charge in [0.2, 0.25) is 5.78 Å². The Kier molecular flexibility index (Phi) is 3.46. The Morgan fingerprint density at radius 3 is 2.38 bits per heavy atom. The first kappa shape index (κ1) is 9.74. The average Bonchev–Trinajstić information content (AvgIpc) is 2.18. The van der Waals surface area contributed by atoms with Crippen molar-refractivity contribution in [3.05, 3.63) is 35.9 Å². The molecule has 0 atom stereocenters. The van der Waals surface area contributed by atoms with Crippen molar-refractivity contribution in [2.24, 2.45) is 0 Å². The molecule has 1 N–H and O–H groups in total. The quantitative estimate of drug-likeness (QED) is 0.342. The molecule has 1 aromatic rings. The molecule has 3 nitrogen and oxygen atoms in total. The van der Waals surface area contributed by atoms with Crippen molar-refractivity contribution in [3.8, 4) is 0 Å². The average molecular weight is 198 g/mol. The Morgan fingerprint density at radius 2 is 1.85 bits per heavy atom. The lowest BCUT2D eigenvalue weighted by Gasteiger charge is -1.99. The molecular weight excluding hydrogens is 190 g/mol. The molecule has 0 bridgehead atoms.